The van der Waals surface area contributed by atoms with Gasteiger partial charge in [-0.1, -0.05) is 146 Å². The largest absolute Gasteiger partial charge is 0.455 e. The number of thiophene rings is 1. The lowest BCUT2D eigenvalue weighted by atomic mass is 9.98. The predicted molar refractivity (Wildman–Crippen MR) is 235 cm³/mol. The van der Waals surface area contributed by atoms with Crippen LogP contribution in [0.1, 0.15) is 0 Å². The van der Waals surface area contributed by atoms with Gasteiger partial charge in [0, 0.05) is 53.4 Å². The Morgan fingerprint density at radius 3 is 1.67 bits per heavy atom. The molecule has 0 unspecified atom stereocenters. The highest BCUT2D eigenvalue weighted by Crippen LogP contribution is 2.43. The van der Waals surface area contributed by atoms with Crippen molar-refractivity contribution in [3.05, 3.63) is 200 Å². The molecular weight excluding hydrogens is 687 g/mol. The van der Waals surface area contributed by atoms with Crippen LogP contribution in [0.25, 0.3) is 86.3 Å². The van der Waals surface area contributed by atoms with Gasteiger partial charge in [0.15, 0.2) is 0 Å². The Balaban J connectivity index is 1.01. The number of fused-ring (bicyclic) bond motifs is 8. The first-order valence-corrected chi connectivity index (χ1v) is 19.5. The zero-order valence-electron chi connectivity index (χ0n) is 29.8. The van der Waals surface area contributed by atoms with Gasteiger partial charge in [0.05, 0.1) is 0 Å². The molecule has 2 heterocycles. The summed E-state index contributed by atoms with van der Waals surface area (Å²) < 4.78 is 9.17. The van der Waals surface area contributed by atoms with E-state index in [1.165, 1.54) is 47.8 Å². The van der Waals surface area contributed by atoms with Gasteiger partial charge in [0.2, 0.25) is 0 Å². The van der Waals surface area contributed by atoms with E-state index < -0.39 is 0 Å². The number of benzene rings is 9. The highest BCUT2D eigenvalue weighted by atomic mass is 32.1. The van der Waals surface area contributed by atoms with Crippen molar-refractivity contribution in [2.24, 2.45) is 0 Å². The van der Waals surface area contributed by atoms with Crippen LogP contribution in [-0.2, 0) is 0 Å². The molecule has 0 atom stereocenters. The summed E-state index contributed by atoms with van der Waals surface area (Å²) in [6.45, 7) is 0. The van der Waals surface area contributed by atoms with E-state index in [2.05, 4.69) is 205 Å². The summed E-state index contributed by atoms with van der Waals surface area (Å²) in [6, 6.07) is 72.1. The summed E-state index contributed by atoms with van der Waals surface area (Å²) >= 11 is 1.87. The molecule has 0 aliphatic heterocycles. The minimum atomic E-state index is 0.902. The maximum Gasteiger partial charge on any atom is 0.143 e. The molecule has 3 heteroatoms. The van der Waals surface area contributed by atoms with E-state index in [1.54, 1.807) is 0 Å². The molecule has 9 aromatic carbocycles. The molecule has 0 saturated carbocycles. The fourth-order valence-electron chi connectivity index (χ4n) is 8.23. The normalized spacial score (nSPS) is 11.6. The Morgan fingerprint density at radius 2 is 0.927 bits per heavy atom. The first kappa shape index (κ1) is 31.6. The fraction of sp³-hybridized carbons (Fsp3) is 0. The van der Waals surface area contributed by atoms with Crippen molar-refractivity contribution < 1.29 is 4.42 Å². The summed E-state index contributed by atoms with van der Waals surface area (Å²) in [5.74, 6) is 0. The third kappa shape index (κ3) is 5.32. The molecule has 0 saturated heterocycles. The lowest BCUT2D eigenvalue weighted by molar-refractivity contribution is 0.673. The van der Waals surface area contributed by atoms with Crippen molar-refractivity contribution in [2.75, 3.05) is 4.90 Å². The number of anilines is 3. The van der Waals surface area contributed by atoms with Crippen LogP contribution in [0, 0.1) is 0 Å². The molecule has 0 bridgehead atoms. The van der Waals surface area contributed by atoms with E-state index in [9.17, 15) is 0 Å². The van der Waals surface area contributed by atoms with E-state index in [0.717, 1.165) is 55.5 Å². The van der Waals surface area contributed by atoms with Gasteiger partial charge >= 0.3 is 0 Å². The molecule has 0 N–H and O–H groups in total. The second kappa shape index (κ2) is 12.9. The molecule has 2 nitrogen and oxygen atoms in total. The molecule has 0 aliphatic rings. The third-order valence-electron chi connectivity index (χ3n) is 10.9. The first-order chi connectivity index (χ1) is 27.3. The predicted octanol–water partition coefficient (Wildman–Crippen LogP) is 15.6. The second-order valence-corrected chi connectivity index (χ2v) is 15.1. The van der Waals surface area contributed by atoms with Crippen molar-refractivity contribution >= 4 is 81.3 Å². The second-order valence-electron chi connectivity index (χ2n) is 14.1. The Bertz CT molecular complexity index is 3170. The highest BCUT2D eigenvalue weighted by Gasteiger charge is 2.18. The molecule has 11 aromatic rings. The Morgan fingerprint density at radius 1 is 0.364 bits per heavy atom. The Labute approximate surface area is 322 Å². The molecule has 0 amide bonds. The van der Waals surface area contributed by atoms with Crippen molar-refractivity contribution in [1.29, 1.82) is 0 Å². The van der Waals surface area contributed by atoms with E-state index in [-0.39, 0.29) is 0 Å². The number of furan rings is 1. The van der Waals surface area contributed by atoms with E-state index in [1.807, 2.05) is 11.3 Å². The first-order valence-electron chi connectivity index (χ1n) is 18.7. The Kier molecular flexibility index (Phi) is 7.39. The molecule has 11 rings (SSSR count). The van der Waals surface area contributed by atoms with Crippen LogP contribution in [0.4, 0.5) is 17.1 Å². The summed E-state index contributed by atoms with van der Waals surface area (Å²) in [6.07, 6.45) is 0. The van der Waals surface area contributed by atoms with Gasteiger partial charge in [-0.15, -0.1) is 11.3 Å². The van der Waals surface area contributed by atoms with Gasteiger partial charge in [-0.25, -0.2) is 0 Å². The molecule has 0 spiro atoms. The summed E-state index contributed by atoms with van der Waals surface area (Å²) in [5, 5.41) is 7.24. The summed E-state index contributed by atoms with van der Waals surface area (Å²) in [4.78, 5) is 2.35. The topological polar surface area (TPSA) is 16.4 Å². The van der Waals surface area contributed by atoms with Crippen LogP contribution >= 0.6 is 11.3 Å². The average molecular weight is 720 g/mol. The quantitative estimate of drug-likeness (QED) is 0.170. The molecule has 55 heavy (non-hydrogen) atoms. The summed E-state index contributed by atoms with van der Waals surface area (Å²) in [7, 11) is 0. The monoisotopic (exact) mass is 719 g/mol. The number of nitrogens with zero attached hydrogens (tertiary/aromatic N) is 1. The molecule has 2 aromatic heterocycles. The minimum absolute atomic E-state index is 0.902. The zero-order valence-corrected chi connectivity index (χ0v) is 30.6. The number of hydrogen-bond donors (Lipinski definition) is 0. The SMILES string of the molecule is c1ccc(-c2ccc(N(c3ccc(-c4cccc5c4sc4ccccc45)cc3)c3ccc(-c4cccc5oc6c7ccccc7ccc6c45)cc3)cc2)cc1. The van der Waals surface area contributed by atoms with Crippen LogP contribution in [0.5, 0.6) is 0 Å². The minimum Gasteiger partial charge on any atom is -0.455 e. The smallest absolute Gasteiger partial charge is 0.143 e. The average Bonchev–Trinajstić information content (AvgIpc) is 3.84. The molecule has 0 aliphatic carbocycles. The van der Waals surface area contributed by atoms with Crippen molar-refractivity contribution in [3.63, 3.8) is 0 Å². The molecular formula is C52H33NOS. The van der Waals surface area contributed by atoms with Gasteiger partial charge in [-0.05, 0) is 93.4 Å². The van der Waals surface area contributed by atoms with Gasteiger partial charge in [0.1, 0.15) is 11.2 Å². The van der Waals surface area contributed by atoms with Crippen LogP contribution in [0.15, 0.2) is 205 Å². The van der Waals surface area contributed by atoms with Crippen LogP contribution in [0.3, 0.4) is 0 Å². The molecule has 258 valence electrons. The fourth-order valence-corrected chi connectivity index (χ4v) is 9.47. The van der Waals surface area contributed by atoms with Crippen molar-refractivity contribution in [3.8, 4) is 33.4 Å². The maximum absolute atomic E-state index is 6.52. The standard InChI is InChI=1S/C52H33NOS/c1-2-10-34(11-3-1)35-20-27-39(28-21-35)53(41-31-24-38(25-32-41)44-16-8-17-46-45-14-6-7-19-49(45)55-52(44)46)40-29-22-37(23-30-40)42-15-9-18-48-50(42)47-33-26-36-12-4-5-13-43(36)51(47)54-48/h1-33H. The van der Waals surface area contributed by atoms with E-state index in [0.29, 0.717) is 0 Å². The lowest BCUT2D eigenvalue weighted by Gasteiger charge is -2.26. The van der Waals surface area contributed by atoms with Crippen LogP contribution in [-0.4, -0.2) is 0 Å². The lowest BCUT2D eigenvalue weighted by Crippen LogP contribution is -2.09. The molecule has 0 fully saturated rings. The van der Waals surface area contributed by atoms with Crippen LogP contribution in [0.2, 0.25) is 0 Å². The summed E-state index contributed by atoms with van der Waals surface area (Å²) in [5.41, 5.74) is 12.3. The van der Waals surface area contributed by atoms with Crippen molar-refractivity contribution in [1.82, 2.24) is 0 Å². The van der Waals surface area contributed by atoms with Crippen molar-refractivity contribution in [2.45, 2.75) is 0 Å². The van der Waals surface area contributed by atoms with E-state index in [4.69, 9.17) is 4.42 Å². The van der Waals surface area contributed by atoms with Gasteiger partial charge in [-0.2, -0.15) is 0 Å². The van der Waals surface area contributed by atoms with E-state index >= 15 is 0 Å². The Hall–Kier alpha value is -6.94. The zero-order chi connectivity index (χ0) is 36.3. The van der Waals surface area contributed by atoms with Gasteiger partial charge in [0.25, 0.3) is 0 Å². The maximum atomic E-state index is 6.52. The number of hydrogen-bond acceptors (Lipinski definition) is 3. The van der Waals surface area contributed by atoms with Gasteiger partial charge in [-0.3, -0.25) is 0 Å². The van der Waals surface area contributed by atoms with Gasteiger partial charge < -0.3 is 9.32 Å². The van der Waals surface area contributed by atoms with Crippen LogP contribution < -0.4 is 4.90 Å². The highest BCUT2D eigenvalue weighted by molar-refractivity contribution is 7.26. The molecule has 0 radical (unpaired) electrons. The third-order valence-corrected chi connectivity index (χ3v) is 12.1. The number of rotatable bonds is 6.